The van der Waals surface area contributed by atoms with Crippen LogP contribution in [0.5, 0.6) is 0 Å². The summed E-state index contributed by atoms with van der Waals surface area (Å²) in [6.07, 6.45) is 0. The van der Waals surface area contributed by atoms with Crippen molar-refractivity contribution in [2.75, 3.05) is 0 Å². The fourth-order valence-electron chi connectivity index (χ4n) is 1.77. The van der Waals surface area contributed by atoms with Crippen molar-refractivity contribution < 1.29 is 18.3 Å². The average molecular weight is 269 g/mol. The summed E-state index contributed by atoms with van der Waals surface area (Å²) in [6.45, 7) is 1.69. The summed E-state index contributed by atoms with van der Waals surface area (Å²) in [5.74, 6) is -0.664. The predicted octanol–water partition coefficient (Wildman–Crippen LogP) is 0.227. The zero-order chi connectivity index (χ0) is 13.7. The standard InChI is InChI=1S/C10H11N3O4S/c1-5-12-7-3-6(10(14)15)4-8(18(11,16)17)9(7)13(5)2/h3-4H,1-2H3,(H,14,15)(H2,11,16,17). The molecule has 0 saturated heterocycles. The molecule has 0 aliphatic carbocycles. The number of carbonyl (C=O) groups is 1. The van der Waals surface area contributed by atoms with E-state index in [1.165, 1.54) is 6.07 Å². The lowest BCUT2D eigenvalue weighted by atomic mass is 10.2. The normalized spacial score (nSPS) is 11.9. The molecule has 7 nitrogen and oxygen atoms in total. The van der Waals surface area contributed by atoms with E-state index in [1.807, 2.05) is 0 Å². The highest BCUT2D eigenvalue weighted by atomic mass is 32.2. The minimum Gasteiger partial charge on any atom is -0.478 e. The molecule has 0 amide bonds. The van der Waals surface area contributed by atoms with Crippen molar-refractivity contribution in [3.8, 4) is 0 Å². The molecule has 0 aliphatic heterocycles. The Bertz CT molecular complexity index is 761. The number of nitrogens with two attached hydrogens (primary N) is 1. The largest absolute Gasteiger partial charge is 0.478 e. The second kappa shape index (κ2) is 3.79. The number of carboxylic acids is 1. The molecule has 0 bridgehead atoms. The van der Waals surface area contributed by atoms with Crippen molar-refractivity contribution in [2.45, 2.75) is 11.8 Å². The minimum absolute atomic E-state index is 0.162. The van der Waals surface area contributed by atoms with Crippen LogP contribution in [0.4, 0.5) is 0 Å². The summed E-state index contributed by atoms with van der Waals surface area (Å²) in [5.41, 5.74) is 0.434. The number of fused-ring (bicyclic) bond motifs is 1. The lowest BCUT2D eigenvalue weighted by Crippen LogP contribution is -2.15. The molecule has 0 radical (unpaired) electrons. The van der Waals surface area contributed by atoms with Crippen molar-refractivity contribution in [3.63, 3.8) is 0 Å². The van der Waals surface area contributed by atoms with Gasteiger partial charge < -0.3 is 9.67 Å². The highest BCUT2D eigenvalue weighted by molar-refractivity contribution is 7.89. The van der Waals surface area contributed by atoms with Crippen LogP contribution in [0.1, 0.15) is 16.2 Å². The molecule has 0 spiro atoms. The number of hydrogen-bond donors (Lipinski definition) is 2. The van der Waals surface area contributed by atoms with Gasteiger partial charge in [-0.25, -0.2) is 23.3 Å². The van der Waals surface area contributed by atoms with E-state index in [1.54, 1.807) is 18.5 Å². The molecule has 0 saturated carbocycles. The summed E-state index contributed by atoms with van der Waals surface area (Å²) in [6, 6.07) is 2.36. The molecule has 1 aromatic carbocycles. The third-order valence-corrected chi connectivity index (χ3v) is 3.64. The zero-order valence-electron chi connectivity index (χ0n) is 9.71. The van der Waals surface area contributed by atoms with Gasteiger partial charge in [0.05, 0.1) is 16.6 Å². The van der Waals surface area contributed by atoms with E-state index < -0.39 is 16.0 Å². The molecule has 3 N–H and O–H groups in total. The maximum atomic E-state index is 11.5. The molecule has 1 heterocycles. The Kier molecular flexibility index (Phi) is 2.63. The fourth-order valence-corrected chi connectivity index (χ4v) is 2.57. The molecule has 2 rings (SSSR count). The van der Waals surface area contributed by atoms with Crippen molar-refractivity contribution in [1.82, 2.24) is 9.55 Å². The maximum Gasteiger partial charge on any atom is 0.335 e. The first-order chi connectivity index (χ1) is 8.21. The van der Waals surface area contributed by atoms with Gasteiger partial charge in [0.15, 0.2) is 0 Å². The number of imidazole rings is 1. The number of carboxylic acid groups (broad SMARTS) is 1. The highest BCUT2D eigenvalue weighted by Crippen LogP contribution is 2.24. The molecule has 1 aromatic heterocycles. The molecule has 0 atom stereocenters. The Morgan fingerprint density at radius 2 is 2.06 bits per heavy atom. The molecular weight excluding hydrogens is 258 g/mol. The van der Waals surface area contributed by atoms with Gasteiger partial charge in [-0.05, 0) is 19.1 Å². The second-order valence-electron chi connectivity index (χ2n) is 3.91. The SMILES string of the molecule is Cc1nc2cc(C(=O)O)cc(S(N)(=O)=O)c2n1C. The molecule has 2 aromatic rings. The third kappa shape index (κ3) is 1.85. The number of aromatic carboxylic acids is 1. The Morgan fingerprint density at radius 1 is 1.44 bits per heavy atom. The van der Waals surface area contributed by atoms with Gasteiger partial charge in [0.1, 0.15) is 10.7 Å². The molecule has 0 fully saturated rings. The first-order valence-electron chi connectivity index (χ1n) is 4.95. The molecule has 18 heavy (non-hydrogen) atoms. The van der Waals surface area contributed by atoms with Crippen LogP contribution < -0.4 is 5.14 Å². The molecule has 96 valence electrons. The molecular formula is C10H11N3O4S. The smallest absolute Gasteiger partial charge is 0.335 e. The van der Waals surface area contributed by atoms with Crippen molar-refractivity contribution >= 4 is 27.0 Å². The number of primary sulfonamides is 1. The van der Waals surface area contributed by atoms with Crippen LogP contribution in [0.2, 0.25) is 0 Å². The van der Waals surface area contributed by atoms with E-state index in [2.05, 4.69) is 4.98 Å². The van der Waals surface area contributed by atoms with Gasteiger partial charge in [-0.1, -0.05) is 0 Å². The average Bonchev–Trinajstić information content (AvgIpc) is 2.52. The van der Waals surface area contributed by atoms with Crippen LogP contribution in [-0.2, 0) is 17.1 Å². The Morgan fingerprint density at radius 3 is 2.56 bits per heavy atom. The van der Waals surface area contributed by atoms with Crippen LogP contribution in [0, 0.1) is 6.92 Å². The Balaban J connectivity index is 3.00. The lowest BCUT2D eigenvalue weighted by Gasteiger charge is -2.05. The monoisotopic (exact) mass is 269 g/mol. The quantitative estimate of drug-likeness (QED) is 0.809. The van der Waals surface area contributed by atoms with Crippen LogP contribution in [0.15, 0.2) is 17.0 Å². The Labute approximate surface area is 103 Å². The van der Waals surface area contributed by atoms with Crippen molar-refractivity contribution in [3.05, 3.63) is 23.5 Å². The number of nitrogens with zero attached hydrogens (tertiary/aromatic N) is 2. The first-order valence-corrected chi connectivity index (χ1v) is 6.49. The van der Waals surface area contributed by atoms with Gasteiger partial charge in [0.25, 0.3) is 0 Å². The van der Waals surface area contributed by atoms with E-state index in [9.17, 15) is 13.2 Å². The third-order valence-electron chi connectivity index (χ3n) is 2.71. The topological polar surface area (TPSA) is 115 Å². The minimum atomic E-state index is -4.02. The van der Waals surface area contributed by atoms with Gasteiger partial charge in [-0.15, -0.1) is 0 Å². The number of benzene rings is 1. The van der Waals surface area contributed by atoms with Gasteiger partial charge in [0.2, 0.25) is 10.0 Å². The number of hydrogen-bond acceptors (Lipinski definition) is 4. The number of rotatable bonds is 2. The van der Waals surface area contributed by atoms with Gasteiger partial charge in [0, 0.05) is 7.05 Å². The van der Waals surface area contributed by atoms with Crippen molar-refractivity contribution in [2.24, 2.45) is 12.2 Å². The number of aromatic nitrogens is 2. The number of aryl methyl sites for hydroxylation is 2. The predicted molar refractivity (Wildman–Crippen MR) is 63.8 cm³/mol. The molecule has 0 aliphatic rings. The first kappa shape index (κ1) is 12.5. The number of sulfonamides is 1. The van der Waals surface area contributed by atoms with E-state index >= 15 is 0 Å². The molecule has 0 unspecified atom stereocenters. The summed E-state index contributed by atoms with van der Waals surface area (Å²) in [7, 11) is -2.38. The van der Waals surface area contributed by atoms with E-state index in [0.717, 1.165) is 6.07 Å². The van der Waals surface area contributed by atoms with Gasteiger partial charge in [-0.3, -0.25) is 0 Å². The van der Waals surface area contributed by atoms with E-state index in [4.69, 9.17) is 10.2 Å². The van der Waals surface area contributed by atoms with Crippen LogP contribution in [0.3, 0.4) is 0 Å². The summed E-state index contributed by atoms with van der Waals surface area (Å²) < 4.78 is 24.6. The summed E-state index contributed by atoms with van der Waals surface area (Å²) in [4.78, 5) is 14.8. The fraction of sp³-hybridized carbons (Fsp3) is 0.200. The summed E-state index contributed by atoms with van der Waals surface area (Å²) in [5, 5.41) is 14.0. The zero-order valence-corrected chi connectivity index (χ0v) is 10.5. The van der Waals surface area contributed by atoms with Gasteiger partial charge in [-0.2, -0.15) is 0 Å². The molecule has 8 heteroatoms. The Hall–Kier alpha value is -1.93. The summed E-state index contributed by atoms with van der Waals surface area (Å²) >= 11 is 0. The highest BCUT2D eigenvalue weighted by Gasteiger charge is 2.20. The lowest BCUT2D eigenvalue weighted by molar-refractivity contribution is 0.0697. The second-order valence-corrected chi connectivity index (χ2v) is 5.44. The van der Waals surface area contributed by atoms with Crippen LogP contribution in [0.25, 0.3) is 11.0 Å². The van der Waals surface area contributed by atoms with Gasteiger partial charge >= 0.3 is 5.97 Å². The van der Waals surface area contributed by atoms with E-state index in [0.29, 0.717) is 16.9 Å². The van der Waals surface area contributed by atoms with Crippen LogP contribution in [-0.4, -0.2) is 29.0 Å². The maximum absolute atomic E-state index is 11.5. The van der Waals surface area contributed by atoms with Crippen LogP contribution >= 0.6 is 0 Å². The van der Waals surface area contributed by atoms with Crippen molar-refractivity contribution in [1.29, 1.82) is 0 Å². The van der Waals surface area contributed by atoms with E-state index in [-0.39, 0.29) is 10.5 Å².